The molecular weight excluding hydrogens is 286 g/mol. The minimum Gasteiger partial charge on any atom is -0.480 e. The average Bonchev–Trinajstić information content (AvgIpc) is 2.84. The van der Waals surface area contributed by atoms with Gasteiger partial charge < -0.3 is 10.2 Å². The Hall–Kier alpha value is -2.86. The molecule has 0 saturated carbocycles. The van der Waals surface area contributed by atoms with E-state index in [0.717, 1.165) is 10.6 Å². The highest BCUT2D eigenvalue weighted by Gasteiger charge is 2.33. The molecule has 1 aliphatic heterocycles. The van der Waals surface area contributed by atoms with Gasteiger partial charge in [-0.3, -0.25) is 5.21 Å². The summed E-state index contributed by atoms with van der Waals surface area (Å²) in [4.78, 5) is 22.1. The molecule has 0 aliphatic carbocycles. The second kappa shape index (κ2) is 5.16. The van der Waals surface area contributed by atoms with E-state index in [2.05, 4.69) is 0 Å². The van der Waals surface area contributed by atoms with Gasteiger partial charge in [-0.2, -0.15) is 0 Å². The zero-order valence-electron chi connectivity index (χ0n) is 11.4. The van der Waals surface area contributed by atoms with Crippen LogP contribution in [0.4, 0.5) is 5.69 Å². The summed E-state index contributed by atoms with van der Waals surface area (Å²) in [5, 5.41) is 28.8. The number of nitrogens with zero attached hydrogens (tertiary/aromatic N) is 1. The number of carboxylic acids is 2. The number of fused-ring (bicyclic) bond motifs is 1. The highest BCUT2D eigenvalue weighted by molar-refractivity contribution is 5.90. The quantitative estimate of drug-likeness (QED) is 0.804. The van der Waals surface area contributed by atoms with E-state index in [9.17, 15) is 14.8 Å². The molecule has 0 bridgehead atoms. The maximum Gasteiger partial charge on any atom is 0.335 e. The third kappa shape index (κ3) is 2.29. The molecule has 3 rings (SSSR count). The van der Waals surface area contributed by atoms with Crippen LogP contribution in [0.3, 0.4) is 0 Å². The second-order valence-corrected chi connectivity index (χ2v) is 5.13. The van der Waals surface area contributed by atoms with Crippen LogP contribution in [0.5, 0.6) is 0 Å². The monoisotopic (exact) mass is 299 g/mol. The van der Waals surface area contributed by atoms with Gasteiger partial charge in [0.05, 0.1) is 11.3 Å². The van der Waals surface area contributed by atoms with Crippen LogP contribution in [0.25, 0.3) is 11.1 Å². The lowest BCUT2D eigenvalue weighted by molar-refractivity contribution is -0.139. The first-order valence-corrected chi connectivity index (χ1v) is 6.65. The highest BCUT2D eigenvalue weighted by Crippen LogP contribution is 2.34. The summed E-state index contributed by atoms with van der Waals surface area (Å²) < 4.78 is 0. The Labute approximate surface area is 125 Å². The lowest BCUT2D eigenvalue weighted by Gasteiger charge is -2.16. The van der Waals surface area contributed by atoms with Crippen LogP contribution in [0.15, 0.2) is 42.5 Å². The molecular formula is C16H13NO5. The zero-order valence-corrected chi connectivity index (χ0v) is 11.4. The Bertz CT molecular complexity index is 771. The van der Waals surface area contributed by atoms with Crippen molar-refractivity contribution in [1.29, 1.82) is 0 Å². The van der Waals surface area contributed by atoms with Crippen LogP contribution in [0.2, 0.25) is 0 Å². The van der Waals surface area contributed by atoms with Crippen LogP contribution in [0.1, 0.15) is 15.9 Å². The molecule has 0 saturated heterocycles. The number of benzene rings is 2. The summed E-state index contributed by atoms with van der Waals surface area (Å²) in [6.45, 7) is 0. The van der Waals surface area contributed by atoms with Crippen LogP contribution in [-0.4, -0.2) is 33.4 Å². The molecule has 1 aliphatic rings. The summed E-state index contributed by atoms with van der Waals surface area (Å²) in [6, 6.07) is 10.7. The van der Waals surface area contributed by atoms with Gasteiger partial charge in [-0.25, -0.2) is 14.7 Å². The molecule has 1 unspecified atom stereocenters. The first-order chi connectivity index (χ1) is 10.5. The second-order valence-electron chi connectivity index (χ2n) is 5.13. The minimum absolute atomic E-state index is 0.169. The third-order valence-corrected chi connectivity index (χ3v) is 3.77. The lowest BCUT2D eigenvalue weighted by Crippen LogP contribution is -2.35. The molecule has 2 aromatic rings. The SMILES string of the molecule is O=C(O)c1cccc(-c2ccc3c(c2)N(O)C(C(=O)O)C3)c1. The molecule has 1 heterocycles. The van der Waals surface area contributed by atoms with Gasteiger partial charge in [0.25, 0.3) is 0 Å². The molecule has 0 amide bonds. The Morgan fingerprint density at radius 2 is 1.77 bits per heavy atom. The largest absolute Gasteiger partial charge is 0.480 e. The molecule has 112 valence electrons. The smallest absolute Gasteiger partial charge is 0.335 e. The van der Waals surface area contributed by atoms with E-state index in [1.807, 2.05) is 0 Å². The predicted octanol–water partition coefficient (Wildman–Crippen LogP) is 2.26. The topological polar surface area (TPSA) is 98.1 Å². The Kier molecular flexibility index (Phi) is 3.30. The minimum atomic E-state index is -1.09. The van der Waals surface area contributed by atoms with E-state index in [-0.39, 0.29) is 12.0 Å². The fourth-order valence-corrected chi connectivity index (χ4v) is 2.62. The molecule has 2 aromatic carbocycles. The zero-order chi connectivity index (χ0) is 15.9. The predicted molar refractivity (Wildman–Crippen MR) is 78.2 cm³/mol. The van der Waals surface area contributed by atoms with Crippen LogP contribution < -0.4 is 5.06 Å². The van der Waals surface area contributed by atoms with Crippen LogP contribution >= 0.6 is 0 Å². The van der Waals surface area contributed by atoms with E-state index in [1.54, 1.807) is 30.3 Å². The molecule has 0 aromatic heterocycles. The molecule has 3 N–H and O–H groups in total. The number of carboxylic acid groups (broad SMARTS) is 2. The maximum absolute atomic E-state index is 11.1. The van der Waals surface area contributed by atoms with Crippen molar-refractivity contribution in [3.05, 3.63) is 53.6 Å². The molecule has 6 nitrogen and oxygen atoms in total. The number of aliphatic carboxylic acids is 1. The molecule has 0 fully saturated rings. The van der Waals surface area contributed by atoms with Crippen molar-refractivity contribution >= 4 is 17.6 Å². The molecule has 6 heteroatoms. The Balaban J connectivity index is 2.01. The van der Waals surface area contributed by atoms with Crippen molar-refractivity contribution < 1.29 is 25.0 Å². The Morgan fingerprint density at radius 1 is 1.05 bits per heavy atom. The summed E-state index contributed by atoms with van der Waals surface area (Å²) in [6.07, 6.45) is 0.233. The van der Waals surface area contributed by atoms with Gasteiger partial charge in [0, 0.05) is 6.42 Å². The third-order valence-electron chi connectivity index (χ3n) is 3.77. The van der Waals surface area contributed by atoms with Gasteiger partial charge in [0.15, 0.2) is 6.04 Å². The van der Waals surface area contributed by atoms with Crippen molar-refractivity contribution in [2.75, 3.05) is 5.06 Å². The lowest BCUT2D eigenvalue weighted by atomic mass is 10.0. The van der Waals surface area contributed by atoms with E-state index < -0.39 is 18.0 Å². The summed E-state index contributed by atoms with van der Waals surface area (Å²) >= 11 is 0. The first-order valence-electron chi connectivity index (χ1n) is 6.65. The van der Waals surface area contributed by atoms with Crippen molar-refractivity contribution in [2.24, 2.45) is 0 Å². The number of hydrogen-bond acceptors (Lipinski definition) is 4. The number of carbonyl (C=O) groups is 2. The summed E-state index contributed by atoms with van der Waals surface area (Å²) in [7, 11) is 0. The average molecular weight is 299 g/mol. The molecule has 0 spiro atoms. The molecule has 0 radical (unpaired) electrons. The molecule has 1 atom stereocenters. The molecule has 22 heavy (non-hydrogen) atoms. The van der Waals surface area contributed by atoms with E-state index in [1.165, 1.54) is 12.1 Å². The van der Waals surface area contributed by atoms with E-state index in [0.29, 0.717) is 16.8 Å². The van der Waals surface area contributed by atoms with Gasteiger partial charge in [-0.15, -0.1) is 0 Å². The number of hydroxylamine groups is 1. The van der Waals surface area contributed by atoms with Gasteiger partial charge in [0.2, 0.25) is 0 Å². The number of hydrogen-bond donors (Lipinski definition) is 3. The van der Waals surface area contributed by atoms with Crippen molar-refractivity contribution in [3.63, 3.8) is 0 Å². The standard InChI is InChI=1S/C16H13NO5/c18-15(19)12-3-1-2-9(6-12)10-4-5-11-8-14(16(20)21)17(22)13(11)7-10/h1-7,14,22H,8H2,(H,18,19)(H,20,21). The van der Waals surface area contributed by atoms with Gasteiger partial charge in [-0.05, 0) is 34.9 Å². The first kappa shape index (κ1) is 14.1. The fraction of sp³-hybridized carbons (Fsp3) is 0.125. The summed E-state index contributed by atoms with van der Waals surface area (Å²) in [5.41, 5.74) is 2.75. The van der Waals surface area contributed by atoms with Crippen molar-refractivity contribution in [3.8, 4) is 11.1 Å². The van der Waals surface area contributed by atoms with Crippen molar-refractivity contribution in [2.45, 2.75) is 12.5 Å². The van der Waals surface area contributed by atoms with E-state index in [4.69, 9.17) is 10.2 Å². The van der Waals surface area contributed by atoms with Gasteiger partial charge in [-0.1, -0.05) is 24.3 Å². The van der Waals surface area contributed by atoms with Crippen LogP contribution in [-0.2, 0) is 11.2 Å². The van der Waals surface area contributed by atoms with E-state index >= 15 is 0 Å². The van der Waals surface area contributed by atoms with Gasteiger partial charge in [0.1, 0.15) is 0 Å². The Morgan fingerprint density at radius 3 is 2.45 bits per heavy atom. The number of anilines is 1. The normalized spacial score (nSPS) is 16.4. The number of rotatable bonds is 3. The van der Waals surface area contributed by atoms with Crippen LogP contribution in [0, 0.1) is 0 Å². The fourth-order valence-electron chi connectivity index (χ4n) is 2.62. The van der Waals surface area contributed by atoms with Gasteiger partial charge >= 0.3 is 11.9 Å². The maximum atomic E-state index is 11.1. The number of aromatic carboxylic acids is 1. The summed E-state index contributed by atoms with van der Waals surface area (Å²) in [5.74, 6) is -2.11. The van der Waals surface area contributed by atoms with Crippen molar-refractivity contribution in [1.82, 2.24) is 0 Å². The highest BCUT2D eigenvalue weighted by atomic mass is 16.5.